The van der Waals surface area contributed by atoms with Crippen LogP contribution in [0.5, 0.6) is 0 Å². The summed E-state index contributed by atoms with van der Waals surface area (Å²) < 4.78 is 0. The number of nitrogens with one attached hydrogen (secondary N) is 1. The van der Waals surface area contributed by atoms with Gasteiger partial charge in [0.2, 0.25) is 5.91 Å². The van der Waals surface area contributed by atoms with Gasteiger partial charge in [-0.25, -0.2) is 0 Å². The standard InChI is InChI=1S/C14H27N3O/c1-6-7-13(10-15)14(18)16-8-9-17(11(2)3)12(4)5/h11-13H,6-9H2,1-5H3,(H,16,18). The summed E-state index contributed by atoms with van der Waals surface area (Å²) in [4.78, 5) is 14.1. The maximum Gasteiger partial charge on any atom is 0.237 e. The summed E-state index contributed by atoms with van der Waals surface area (Å²) in [7, 11) is 0. The van der Waals surface area contributed by atoms with Crippen LogP contribution in [0.3, 0.4) is 0 Å². The molecular formula is C14H27N3O. The van der Waals surface area contributed by atoms with Gasteiger partial charge in [0, 0.05) is 25.2 Å². The molecular weight excluding hydrogens is 226 g/mol. The maximum atomic E-state index is 11.7. The predicted molar refractivity (Wildman–Crippen MR) is 74.0 cm³/mol. The molecule has 0 rings (SSSR count). The van der Waals surface area contributed by atoms with Crippen LogP contribution in [0.25, 0.3) is 0 Å². The molecule has 1 unspecified atom stereocenters. The molecule has 1 N–H and O–H groups in total. The average molecular weight is 253 g/mol. The van der Waals surface area contributed by atoms with Crippen LogP contribution in [0.2, 0.25) is 0 Å². The predicted octanol–water partition coefficient (Wildman–Crippen LogP) is 2.16. The molecule has 0 aliphatic heterocycles. The quantitative estimate of drug-likeness (QED) is 0.721. The smallest absolute Gasteiger partial charge is 0.237 e. The van der Waals surface area contributed by atoms with Crippen LogP contribution in [0.4, 0.5) is 0 Å². The van der Waals surface area contributed by atoms with E-state index in [9.17, 15) is 4.79 Å². The maximum absolute atomic E-state index is 11.7. The minimum absolute atomic E-state index is 0.133. The molecule has 0 aromatic rings. The van der Waals surface area contributed by atoms with Gasteiger partial charge in [0.1, 0.15) is 5.92 Å². The number of rotatable bonds is 8. The number of carbonyl (C=O) groups is 1. The highest BCUT2D eigenvalue weighted by Crippen LogP contribution is 2.06. The molecule has 1 atom stereocenters. The SMILES string of the molecule is CCCC(C#N)C(=O)NCCN(C(C)C)C(C)C. The molecule has 0 aromatic heterocycles. The Bertz CT molecular complexity index is 273. The number of carbonyl (C=O) groups excluding carboxylic acids is 1. The zero-order valence-electron chi connectivity index (χ0n) is 12.4. The molecule has 104 valence electrons. The van der Waals surface area contributed by atoms with Gasteiger partial charge in [-0.05, 0) is 34.1 Å². The summed E-state index contributed by atoms with van der Waals surface area (Å²) in [5, 5.41) is 11.7. The molecule has 0 aromatic carbocycles. The highest BCUT2D eigenvalue weighted by Gasteiger charge is 2.17. The third kappa shape index (κ3) is 6.02. The molecule has 0 spiro atoms. The van der Waals surface area contributed by atoms with Gasteiger partial charge in [-0.3, -0.25) is 9.69 Å². The van der Waals surface area contributed by atoms with E-state index in [2.05, 4.69) is 44.0 Å². The molecule has 4 heteroatoms. The lowest BCUT2D eigenvalue weighted by molar-refractivity contribution is -0.123. The van der Waals surface area contributed by atoms with Crippen LogP contribution >= 0.6 is 0 Å². The van der Waals surface area contributed by atoms with E-state index in [1.165, 1.54) is 0 Å². The first-order chi connectivity index (χ1) is 8.43. The molecule has 1 amide bonds. The Balaban J connectivity index is 4.10. The summed E-state index contributed by atoms with van der Waals surface area (Å²) in [5.41, 5.74) is 0. The molecule has 0 aliphatic rings. The Morgan fingerprint density at radius 2 is 1.83 bits per heavy atom. The lowest BCUT2D eigenvalue weighted by Gasteiger charge is -2.30. The van der Waals surface area contributed by atoms with Crippen LogP contribution in [0.15, 0.2) is 0 Å². The summed E-state index contributed by atoms with van der Waals surface area (Å²) in [5.74, 6) is -0.631. The number of nitriles is 1. The Labute approximate surface area is 111 Å². The second-order valence-electron chi connectivity index (χ2n) is 5.19. The fraction of sp³-hybridized carbons (Fsp3) is 0.857. The van der Waals surface area contributed by atoms with E-state index in [0.29, 0.717) is 25.0 Å². The van der Waals surface area contributed by atoms with Crippen LogP contribution in [0.1, 0.15) is 47.5 Å². The number of nitrogens with zero attached hydrogens (tertiary/aromatic N) is 2. The fourth-order valence-corrected chi connectivity index (χ4v) is 2.09. The first-order valence-corrected chi connectivity index (χ1v) is 6.87. The zero-order chi connectivity index (χ0) is 14.1. The van der Waals surface area contributed by atoms with Crippen LogP contribution in [0, 0.1) is 17.2 Å². The third-order valence-corrected chi connectivity index (χ3v) is 3.05. The number of hydrogen-bond acceptors (Lipinski definition) is 3. The van der Waals surface area contributed by atoms with Crippen LogP contribution in [-0.2, 0) is 4.79 Å². The van der Waals surface area contributed by atoms with Gasteiger partial charge in [-0.2, -0.15) is 5.26 Å². The Hall–Kier alpha value is -1.08. The van der Waals surface area contributed by atoms with Crippen molar-refractivity contribution in [3.63, 3.8) is 0 Å². The Morgan fingerprint density at radius 1 is 1.28 bits per heavy atom. The van der Waals surface area contributed by atoms with E-state index < -0.39 is 5.92 Å². The molecule has 0 heterocycles. The van der Waals surface area contributed by atoms with Crippen molar-refractivity contribution in [2.45, 2.75) is 59.5 Å². The topological polar surface area (TPSA) is 56.1 Å². The number of amides is 1. The van der Waals surface area contributed by atoms with Crippen molar-refractivity contribution in [1.82, 2.24) is 10.2 Å². The van der Waals surface area contributed by atoms with Gasteiger partial charge >= 0.3 is 0 Å². The zero-order valence-corrected chi connectivity index (χ0v) is 12.4. The van der Waals surface area contributed by atoms with Crippen molar-refractivity contribution in [1.29, 1.82) is 5.26 Å². The van der Waals surface area contributed by atoms with Gasteiger partial charge in [-0.15, -0.1) is 0 Å². The van der Waals surface area contributed by atoms with Crippen molar-refractivity contribution in [2.24, 2.45) is 5.92 Å². The second-order valence-corrected chi connectivity index (χ2v) is 5.19. The average Bonchev–Trinajstić information content (AvgIpc) is 2.30. The van der Waals surface area contributed by atoms with Crippen molar-refractivity contribution in [3.05, 3.63) is 0 Å². The second kappa shape index (κ2) is 8.93. The van der Waals surface area contributed by atoms with Gasteiger partial charge < -0.3 is 5.32 Å². The molecule has 0 bridgehead atoms. The first kappa shape index (κ1) is 16.9. The van der Waals surface area contributed by atoms with Crippen LogP contribution < -0.4 is 5.32 Å². The summed E-state index contributed by atoms with van der Waals surface area (Å²) >= 11 is 0. The van der Waals surface area contributed by atoms with Gasteiger partial charge in [0.25, 0.3) is 0 Å². The largest absolute Gasteiger partial charge is 0.354 e. The molecule has 0 saturated carbocycles. The van der Waals surface area contributed by atoms with Gasteiger partial charge in [-0.1, -0.05) is 13.3 Å². The van der Waals surface area contributed by atoms with Gasteiger partial charge in [0.05, 0.1) is 6.07 Å². The molecule has 4 nitrogen and oxygen atoms in total. The summed E-state index contributed by atoms with van der Waals surface area (Å²) in [6.45, 7) is 12.0. The van der Waals surface area contributed by atoms with E-state index in [0.717, 1.165) is 13.0 Å². The lowest BCUT2D eigenvalue weighted by atomic mass is 10.1. The van der Waals surface area contributed by atoms with Crippen LogP contribution in [-0.4, -0.2) is 36.0 Å². The van der Waals surface area contributed by atoms with E-state index in [4.69, 9.17) is 5.26 Å². The molecule has 18 heavy (non-hydrogen) atoms. The lowest BCUT2D eigenvalue weighted by Crippen LogP contribution is -2.43. The highest BCUT2D eigenvalue weighted by atomic mass is 16.1. The normalized spacial score (nSPS) is 12.8. The fourth-order valence-electron chi connectivity index (χ4n) is 2.09. The van der Waals surface area contributed by atoms with Crippen molar-refractivity contribution in [3.8, 4) is 6.07 Å². The monoisotopic (exact) mass is 253 g/mol. The molecule has 0 saturated heterocycles. The highest BCUT2D eigenvalue weighted by molar-refractivity contribution is 5.80. The summed E-state index contributed by atoms with van der Waals surface area (Å²) in [6, 6.07) is 2.99. The van der Waals surface area contributed by atoms with Gasteiger partial charge in [0.15, 0.2) is 0 Å². The Morgan fingerprint density at radius 3 is 2.22 bits per heavy atom. The molecule has 0 aliphatic carbocycles. The third-order valence-electron chi connectivity index (χ3n) is 3.05. The van der Waals surface area contributed by atoms with E-state index in [-0.39, 0.29) is 5.91 Å². The number of hydrogen-bond donors (Lipinski definition) is 1. The molecule has 0 radical (unpaired) electrons. The van der Waals surface area contributed by atoms with E-state index in [1.807, 2.05) is 6.92 Å². The van der Waals surface area contributed by atoms with Crippen molar-refractivity contribution >= 4 is 5.91 Å². The summed E-state index contributed by atoms with van der Waals surface area (Å²) in [6.07, 6.45) is 1.50. The van der Waals surface area contributed by atoms with E-state index >= 15 is 0 Å². The van der Waals surface area contributed by atoms with Crippen molar-refractivity contribution in [2.75, 3.05) is 13.1 Å². The minimum atomic E-state index is -0.499. The molecule has 0 fully saturated rings. The van der Waals surface area contributed by atoms with E-state index in [1.54, 1.807) is 0 Å². The minimum Gasteiger partial charge on any atom is -0.354 e. The first-order valence-electron chi connectivity index (χ1n) is 6.87. The Kier molecular flexibility index (Phi) is 8.40. The van der Waals surface area contributed by atoms with Crippen molar-refractivity contribution < 1.29 is 4.79 Å².